The number of aromatic carboxylic acids is 1. The molecule has 23 heavy (non-hydrogen) atoms. The lowest BCUT2D eigenvalue weighted by atomic mass is 9.98. The lowest BCUT2D eigenvalue weighted by Crippen LogP contribution is -2.39. The van der Waals surface area contributed by atoms with Gasteiger partial charge in [0.05, 0.1) is 5.56 Å². The minimum atomic E-state index is -1.50. The minimum absolute atomic E-state index is 0.00480. The van der Waals surface area contributed by atoms with Crippen LogP contribution in [0, 0.1) is 0 Å². The van der Waals surface area contributed by atoms with E-state index in [4.69, 9.17) is 15.6 Å². The van der Waals surface area contributed by atoms with Gasteiger partial charge in [0.15, 0.2) is 0 Å². The first-order valence-electron chi connectivity index (χ1n) is 6.97. The molecule has 6 N–H and O–H groups in total. The quantitative estimate of drug-likeness (QED) is 0.506. The number of ether oxygens (including phenoxy) is 1. The second kappa shape index (κ2) is 7.30. The Bertz CT molecular complexity index is 582. The van der Waals surface area contributed by atoms with Gasteiger partial charge < -0.3 is 31.1 Å². The maximum absolute atomic E-state index is 11.5. The van der Waals surface area contributed by atoms with E-state index in [-0.39, 0.29) is 23.4 Å². The van der Waals surface area contributed by atoms with Crippen molar-refractivity contribution in [2.45, 2.75) is 38.6 Å². The first kappa shape index (κ1) is 18.7. The number of carbonyl (C=O) groups excluding carboxylic acids is 1. The largest absolute Gasteiger partial charge is 0.478 e. The maximum Gasteiger partial charge on any atom is 0.407 e. The van der Waals surface area contributed by atoms with Crippen molar-refractivity contribution in [3.63, 3.8) is 0 Å². The van der Waals surface area contributed by atoms with E-state index in [1.807, 2.05) is 0 Å². The summed E-state index contributed by atoms with van der Waals surface area (Å²) in [7, 11) is 0. The van der Waals surface area contributed by atoms with Gasteiger partial charge in [-0.05, 0) is 38.5 Å². The molecule has 1 amide bonds. The Morgan fingerprint density at radius 1 is 1.30 bits per heavy atom. The molecule has 2 atom stereocenters. The van der Waals surface area contributed by atoms with Gasteiger partial charge in [0.25, 0.3) is 0 Å². The Labute approximate surface area is 133 Å². The van der Waals surface area contributed by atoms with Crippen LogP contribution in [-0.2, 0) is 4.74 Å². The van der Waals surface area contributed by atoms with Gasteiger partial charge >= 0.3 is 12.1 Å². The fourth-order valence-electron chi connectivity index (χ4n) is 1.84. The number of carboxylic acids is 1. The molecule has 0 aliphatic rings. The molecule has 1 aromatic carbocycles. The Kier molecular flexibility index (Phi) is 5.94. The zero-order valence-electron chi connectivity index (χ0n) is 13.2. The molecule has 2 unspecified atom stereocenters. The van der Waals surface area contributed by atoms with Gasteiger partial charge in [0.2, 0.25) is 0 Å². The number of hydrogen-bond acceptors (Lipinski definition) is 6. The van der Waals surface area contributed by atoms with Crippen LogP contribution in [-0.4, -0.2) is 45.6 Å². The number of rotatable bonds is 5. The highest BCUT2D eigenvalue weighted by Crippen LogP contribution is 2.23. The number of benzene rings is 1. The molecule has 0 bridgehead atoms. The number of alkyl carbamates (subject to hydrolysis) is 1. The lowest BCUT2D eigenvalue weighted by molar-refractivity contribution is 0.0121. The molecule has 0 aliphatic heterocycles. The third kappa shape index (κ3) is 5.76. The number of aliphatic hydroxyl groups excluding tert-OH is 2. The van der Waals surface area contributed by atoms with Crippen LogP contribution in [0.15, 0.2) is 18.2 Å². The first-order valence-corrected chi connectivity index (χ1v) is 6.97. The SMILES string of the molecule is CC(C)(C)OC(=O)NCC(O)C(O)c1ccc(N)cc1C(=O)O. The van der Waals surface area contributed by atoms with Crippen molar-refractivity contribution in [3.05, 3.63) is 29.3 Å². The lowest BCUT2D eigenvalue weighted by Gasteiger charge is -2.23. The van der Waals surface area contributed by atoms with E-state index in [1.54, 1.807) is 20.8 Å². The predicted molar refractivity (Wildman–Crippen MR) is 83.0 cm³/mol. The molecular weight excluding hydrogens is 304 g/mol. The van der Waals surface area contributed by atoms with Crippen molar-refractivity contribution in [1.29, 1.82) is 0 Å². The molecule has 8 nitrogen and oxygen atoms in total. The number of carbonyl (C=O) groups is 2. The van der Waals surface area contributed by atoms with E-state index in [0.29, 0.717) is 0 Å². The van der Waals surface area contributed by atoms with Crippen LogP contribution >= 0.6 is 0 Å². The van der Waals surface area contributed by atoms with Crippen molar-refractivity contribution in [2.75, 3.05) is 12.3 Å². The van der Waals surface area contributed by atoms with Gasteiger partial charge in [0.1, 0.15) is 17.8 Å². The molecule has 0 radical (unpaired) electrons. The molecule has 0 aromatic heterocycles. The minimum Gasteiger partial charge on any atom is -0.478 e. The van der Waals surface area contributed by atoms with E-state index >= 15 is 0 Å². The molecule has 1 aromatic rings. The fraction of sp³-hybridized carbons (Fsp3) is 0.467. The number of nitrogen functional groups attached to an aromatic ring is 1. The van der Waals surface area contributed by atoms with Crippen LogP contribution in [0.5, 0.6) is 0 Å². The summed E-state index contributed by atoms with van der Waals surface area (Å²) in [5.41, 5.74) is 4.84. The third-order valence-electron chi connectivity index (χ3n) is 2.85. The Morgan fingerprint density at radius 3 is 2.43 bits per heavy atom. The van der Waals surface area contributed by atoms with Crippen molar-refractivity contribution in [3.8, 4) is 0 Å². The number of nitrogens with two attached hydrogens (primary N) is 1. The average Bonchev–Trinajstić information content (AvgIpc) is 2.42. The van der Waals surface area contributed by atoms with E-state index < -0.39 is 29.9 Å². The zero-order chi connectivity index (χ0) is 17.8. The van der Waals surface area contributed by atoms with Crippen molar-refractivity contribution < 1.29 is 29.6 Å². The third-order valence-corrected chi connectivity index (χ3v) is 2.85. The summed E-state index contributed by atoms with van der Waals surface area (Å²) in [6, 6.07) is 3.92. The summed E-state index contributed by atoms with van der Waals surface area (Å²) >= 11 is 0. The molecule has 8 heteroatoms. The summed E-state index contributed by atoms with van der Waals surface area (Å²) in [5.74, 6) is -1.28. The van der Waals surface area contributed by atoms with E-state index in [2.05, 4.69) is 5.32 Å². The van der Waals surface area contributed by atoms with Crippen molar-refractivity contribution in [2.24, 2.45) is 0 Å². The molecular formula is C15H22N2O6. The molecule has 0 fully saturated rings. The van der Waals surface area contributed by atoms with Crippen LogP contribution in [0.2, 0.25) is 0 Å². The number of anilines is 1. The number of aliphatic hydroxyl groups is 2. The van der Waals surface area contributed by atoms with Gasteiger partial charge in [-0.1, -0.05) is 6.07 Å². The van der Waals surface area contributed by atoms with Crippen LogP contribution in [0.25, 0.3) is 0 Å². The zero-order valence-corrected chi connectivity index (χ0v) is 13.2. The normalized spacial score (nSPS) is 14.0. The van der Waals surface area contributed by atoms with Gasteiger partial charge in [-0.15, -0.1) is 0 Å². The Morgan fingerprint density at radius 2 is 1.91 bits per heavy atom. The van der Waals surface area contributed by atoms with Crippen molar-refractivity contribution in [1.82, 2.24) is 5.32 Å². The van der Waals surface area contributed by atoms with E-state index in [9.17, 15) is 19.8 Å². The summed E-state index contributed by atoms with van der Waals surface area (Å²) in [4.78, 5) is 22.7. The molecule has 0 spiro atoms. The summed E-state index contributed by atoms with van der Waals surface area (Å²) in [6.07, 6.45) is -3.67. The first-order chi connectivity index (χ1) is 10.5. The highest BCUT2D eigenvalue weighted by atomic mass is 16.6. The van der Waals surface area contributed by atoms with Crippen LogP contribution < -0.4 is 11.1 Å². The van der Waals surface area contributed by atoms with Gasteiger partial charge in [-0.25, -0.2) is 9.59 Å². The Hall–Kier alpha value is -2.32. The standard InChI is InChI=1S/C15H22N2O6/c1-15(2,3)23-14(22)17-7-11(18)12(19)9-5-4-8(16)6-10(9)13(20)21/h4-6,11-12,18-19H,7,16H2,1-3H3,(H,17,22)(H,20,21). The maximum atomic E-state index is 11.5. The molecule has 1 rings (SSSR count). The number of hydrogen-bond donors (Lipinski definition) is 5. The average molecular weight is 326 g/mol. The number of carboxylic acid groups (broad SMARTS) is 1. The Balaban J connectivity index is 2.76. The number of nitrogens with one attached hydrogen (secondary N) is 1. The summed E-state index contributed by atoms with van der Waals surface area (Å²) in [5, 5.41) is 31.5. The van der Waals surface area contributed by atoms with Gasteiger partial charge in [0, 0.05) is 12.2 Å². The van der Waals surface area contributed by atoms with Gasteiger partial charge in [-0.2, -0.15) is 0 Å². The topological polar surface area (TPSA) is 142 Å². The molecule has 0 saturated carbocycles. The van der Waals surface area contributed by atoms with Crippen LogP contribution in [0.4, 0.5) is 10.5 Å². The second-order valence-electron chi connectivity index (χ2n) is 6.05. The molecule has 0 saturated heterocycles. The van der Waals surface area contributed by atoms with Crippen LogP contribution in [0.3, 0.4) is 0 Å². The van der Waals surface area contributed by atoms with Crippen molar-refractivity contribution >= 4 is 17.7 Å². The summed E-state index contributed by atoms with van der Waals surface area (Å²) < 4.78 is 5.00. The van der Waals surface area contributed by atoms with Crippen LogP contribution in [0.1, 0.15) is 42.8 Å². The fourth-order valence-corrected chi connectivity index (χ4v) is 1.84. The van der Waals surface area contributed by atoms with E-state index in [0.717, 1.165) is 0 Å². The molecule has 0 heterocycles. The highest BCUT2D eigenvalue weighted by Gasteiger charge is 2.25. The highest BCUT2D eigenvalue weighted by molar-refractivity contribution is 5.90. The smallest absolute Gasteiger partial charge is 0.407 e. The molecule has 0 aliphatic carbocycles. The predicted octanol–water partition coefficient (Wildman–Crippen LogP) is 0.886. The van der Waals surface area contributed by atoms with Gasteiger partial charge in [-0.3, -0.25) is 0 Å². The monoisotopic (exact) mass is 326 g/mol. The van der Waals surface area contributed by atoms with E-state index in [1.165, 1.54) is 18.2 Å². The number of amides is 1. The second-order valence-corrected chi connectivity index (χ2v) is 6.05. The summed E-state index contributed by atoms with van der Waals surface area (Å²) in [6.45, 7) is 4.75. The molecule has 128 valence electrons.